The van der Waals surface area contributed by atoms with Crippen molar-refractivity contribution in [1.82, 2.24) is 9.44 Å². The summed E-state index contributed by atoms with van der Waals surface area (Å²) in [7, 11) is -5.97. The normalized spacial score (nSPS) is 12.8. The number of ether oxygens (including phenoxy) is 1. The van der Waals surface area contributed by atoms with Gasteiger partial charge in [-0.15, -0.1) is 6.58 Å². The summed E-state index contributed by atoms with van der Waals surface area (Å²) in [6.07, 6.45) is 1.45. The number of sulfonamides is 2. The van der Waals surface area contributed by atoms with E-state index < -0.39 is 32.0 Å². The summed E-state index contributed by atoms with van der Waals surface area (Å²) in [4.78, 5) is 12.8. The van der Waals surface area contributed by atoms with Crippen molar-refractivity contribution < 1.29 is 26.4 Å². The molecule has 2 aromatic rings. The minimum Gasteiger partial charge on any atom is -0.497 e. The Balaban J connectivity index is 2.09. The number of rotatable bonds is 12. The highest BCUT2D eigenvalue weighted by molar-refractivity contribution is 7.89. The molecule has 180 valence electrons. The van der Waals surface area contributed by atoms with E-state index in [-0.39, 0.29) is 23.1 Å². The lowest BCUT2D eigenvalue weighted by Gasteiger charge is -2.22. The number of benzene rings is 2. The van der Waals surface area contributed by atoms with Crippen LogP contribution in [-0.4, -0.2) is 42.4 Å². The molecule has 1 atom stereocenters. The topological polar surface area (TPSA) is 131 Å². The van der Waals surface area contributed by atoms with E-state index in [1.165, 1.54) is 37.5 Å². The van der Waals surface area contributed by atoms with Crippen LogP contribution in [0.3, 0.4) is 0 Å². The van der Waals surface area contributed by atoms with Crippen molar-refractivity contribution in [2.24, 2.45) is 5.92 Å². The van der Waals surface area contributed by atoms with Crippen LogP contribution >= 0.6 is 0 Å². The zero-order valence-corrected chi connectivity index (χ0v) is 20.4. The van der Waals surface area contributed by atoms with Gasteiger partial charge in [-0.05, 0) is 47.9 Å². The fourth-order valence-corrected chi connectivity index (χ4v) is 5.29. The van der Waals surface area contributed by atoms with E-state index in [4.69, 9.17) is 4.74 Å². The largest absolute Gasteiger partial charge is 0.497 e. The standard InChI is InChI=1S/C22H29N3O6S2/c1-5-14-23-32(27,28)15-17-6-8-18(9-7-17)24-22(26)21(16(2)3)25-33(29,30)20-12-10-19(31-4)11-13-20/h5-13,16,21,23,25H,1,14-15H2,2-4H3,(H,24,26)/t21-/m0/s1. The maximum atomic E-state index is 12.8. The second-order valence-electron chi connectivity index (χ2n) is 7.60. The first-order valence-electron chi connectivity index (χ1n) is 10.1. The molecule has 0 aliphatic carbocycles. The number of nitrogens with one attached hydrogen (secondary N) is 3. The number of hydrogen-bond acceptors (Lipinski definition) is 6. The van der Waals surface area contributed by atoms with Crippen LogP contribution in [0.4, 0.5) is 5.69 Å². The first-order chi connectivity index (χ1) is 15.5. The Bertz CT molecular complexity index is 1160. The molecule has 0 unspecified atom stereocenters. The monoisotopic (exact) mass is 495 g/mol. The Hall–Kier alpha value is -2.73. The Morgan fingerprint density at radius 2 is 1.64 bits per heavy atom. The molecule has 0 radical (unpaired) electrons. The smallest absolute Gasteiger partial charge is 0.242 e. The maximum Gasteiger partial charge on any atom is 0.242 e. The van der Waals surface area contributed by atoms with Gasteiger partial charge in [0, 0.05) is 12.2 Å². The molecule has 0 heterocycles. The van der Waals surface area contributed by atoms with Gasteiger partial charge < -0.3 is 10.1 Å². The van der Waals surface area contributed by atoms with Crippen LogP contribution in [0.25, 0.3) is 0 Å². The molecule has 0 spiro atoms. The van der Waals surface area contributed by atoms with Crippen LogP contribution in [0.2, 0.25) is 0 Å². The second-order valence-corrected chi connectivity index (χ2v) is 11.1. The average molecular weight is 496 g/mol. The van der Waals surface area contributed by atoms with Gasteiger partial charge in [0.1, 0.15) is 11.8 Å². The predicted octanol–water partition coefficient (Wildman–Crippen LogP) is 2.24. The fraction of sp³-hybridized carbons (Fsp3) is 0.318. The first kappa shape index (κ1) is 26.5. The van der Waals surface area contributed by atoms with Gasteiger partial charge in [0.05, 0.1) is 17.8 Å². The molecule has 0 aliphatic rings. The van der Waals surface area contributed by atoms with E-state index in [1.807, 2.05) is 0 Å². The van der Waals surface area contributed by atoms with Gasteiger partial charge in [0.2, 0.25) is 26.0 Å². The van der Waals surface area contributed by atoms with Crippen molar-refractivity contribution in [2.75, 3.05) is 19.0 Å². The van der Waals surface area contributed by atoms with Crippen molar-refractivity contribution in [3.8, 4) is 5.75 Å². The number of methoxy groups -OCH3 is 1. The SMILES string of the molecule is C=CCNS(=O)(=O)Cc1ccc(NC(=O)[C@@H](NS(=O)(=O)c2ccc(OC)cc2)C(C)C)cc1. The molecule has 0 fully saturated rings. The molecule has 2 aromatic carbocycles. The highest BCUT2D eigenvalue weighted by atomic mass is 32.2. The highest BCUT2D eigenvalue weighted by Crippen LogP contribution is 2.18. The van der Waals surface area contributed by atoms with Gasteiger partial charge in [0.25, 0.3) is 0 Å². The fourth-order valence-electron chi connectivity index (χ4n) is 2.84. The lowest BCUT2D eigenvalue weighted by molar-refractivity contribution is -0.118. The van der Waals surface area contributed by atoms with Crippen molar-refractivity contribution in [1.29, 1.82) is 0 Å². The third-order valence-corrected chi connectivity index (χ3v) is 7.40. The molecule has 2 rings (SSSR count). The molecule has 0 aromatic heterocycles. The molecule has 1 amide bonds. The summed E-state index contributed by atoms with van der Waals surface area (Å²) in [5.41, 5.74) is 0.944. The molecule has 0 saturated heterocycles. The van der Waals surface area contributed by atoms with Crippen molar-refractivity contribution in [3.63, 3.8) is 0 Å². The lowest BCUT2D eigenvalue weighted by atomic mass is 10.0. The molecule has 0 aliphatic heterocycles. The summed E-state index contributed by atoms with van der Waals surface area (Å²) in [6.45, 7) is 7.06. The summed E-state index contributed by atoms with van der Waals surface area (Å²) in [5, 5.41) is 2.68. The van der Waals surface area contributed by atoms with Crippen molar-refractivity contribution in [2.45, 2.75) is 30.5 Å². The quantitative estimate of drug-likeness (QED) is 0.387. The van der Waals surface area contributed by atoms with Crippen LogP contribution in [0.1, 0.15) is 19.4 Å². The third kappa shape index (κ3) is 7.97. The molecule has 9 nitrogen and oxygen atoms in total. The number of hydrogen-bond donors (Lipinski definition) is 3. The summed E-state index contributed by atoms with van der Waals surface area (Å²) in [5.74, 6) is -0.570. The Kier molecular flexibility index (Phi) is 9.17. The highest BCUT2D eigenvalue weighted by Gasteiger charge is 2.28. The van der Waals surface area contributed by atoms with Gasteiger partial charge in [0.15, 0.2) is 0 Å². The number of carbonyl (C=O) groups is 1. The Morgan fingerprint density at radius 1 is 1.03 bits per heavy atom. The summed E-state index contributed by atoms with van der Waals surface area (Å²) < 4.78 is 59.3. The van der Waals surface area contributed by atoms with Crippen LogP contribution in [0.15, 0.2) is 66.1 Å². The van der Waals surface area contributed by atoms with Crippen LogP contribution in [0.5, 0.6) is 5.75 Å². The van der Waals surface area contributed by atoms with Gasteiger partial charge in [-0.1, -0.05) is 32.1 Å². The maximum absolute atomic E-state index is 12.8. The Morgan fingerprint density at radius 3 is 2.15 bits per heavy atom. The lowest BCUT2D eigenvalue weighted by Crippen LogP contribution is -2.47. The van der Waals surface area contributed by atoms with E-state index >= 15 is 0 Å². The summed E-state index contributed by atoms with van der Waals surface area (Å²) in [6, 6.07) is 11.1. The number of amides is 1. The zero-order chi connectivity index (χ0) is 24.6. The van der Waals surface area contributed by atoms with Crippen molar-refractivity contribution in [3.05, 3.63) is 66.7 Å². The molecule has 3 N–H and O–H groups in total. The average Bonchev–Trinajstić information content (AvgIpc) is 2.77. The van der Waals surface area contributed by atoms with Gasteiger partial charge >= 0.3 is 0 Å². The van der Waals surface area contributed by atoms with E-state index in [0.29, 0.717) is 17.0 Å². The van der Waals surface area contributed by atoms with E-state index in [2.05, 4.69) is 21.3 Å². The number of anilines is 1. The first-order valence-corrected chi connectivity index (χ1v) is 13.3. The number of carbonyl (C=O) groups excluding carboxylic acids is 1. The summed E-state index contributed by atoms with van der Waals surface area (Å²) >= 11 is 0. The van der Waals surface area contributed by atoms with Gasteiger partial charge in [-0.25, -0.2) is 21.6 Å². The second kappa shape index (κ2) is 11.4. The molecule has 33 heavy (non-hydrogen) atoms. The Labute approximate surface area is 195 Å². The third-order valence-electron chi connectivity index (χ3n) is 4.63. The van der Waals surface area contributed by atoms with Crippen LogP contribution in [0, 0.1) is 5.92 Å². The van der Waals surface area contributed by atoms with E-state index in [1.54, 1.807) is 38.1 Å². The van der Waals surface area contributed by atoms with Gasteiger partial charge in [-0.2, -0.15) is 4.72 Å². The minimum atomic E-state index is -3.95. The molecule has 0 bridgehead atoms. The molecular formula is C22H29N3O6S2. The van der Waals surface area contributed by atoms with E-state index in [9.17, 15) is 21.6 Å². The molecule has 11 heteroatoms. The zero-order valence-electron chi connectivity index (χ0n) is 18.7. The van der Waals surface area contributed by atoms with Gasteiger partial charge in [-0.3, -0.25) is 4.79 Å². The predicted molar refractivity (Wildman–Crippen MR) is 128 cm³/mol. The van der Waals surface area contributed by atoms with E-state index in [0.717, 1.165) is 0 Å². The minimum absolute atomic E-state index is 0.0115. The molecular weight excluding hydrogens is 466 g/mol. The van der Waals surface area contributed by atoms with Crippen molar-refractivity contribution >= 4 is 31.6 Å². The van der Waals surface area contributed by atoms with Crippen LogP contribution in [-0.2, 0) is 30.6 Å². The van der Waals surface area contributed by atoms with Crippen LogP contribution < -0.4 is 19.5 Å². The molecule has 0 saturated carbocycles.